The van der Waals surface area contributed by atoms with Crippen LogP contribution in [0.2, 0.25) is 0 Å². The van der Waals surface area contributed by atoms with Crippen molar-refractivity contribution in [3.63, 3.8) is 0 Å². The Morgan fingerprint density at radius 3 is 2.73 bits per heavy atom. The van der Waals surface area contributed by atoms with Gasteiger partial charge in [-0.05, 0) is 0 Å². The van der Waals surface area contributed by atoms with E-state index in [-0.39, 0.29) is 28.3 Å². The highest BCUT2D eigenvalue weighted by molar-refractivity contribution is 8.00. The molecule has 2 aromatic heterocycles. The van der Waals surface area contributed by atoms with Crippen molar-refractivity contribution in [3.05, 3.63) is 18.6 Å². The van der Waals surface area contributed by atoms with Gasteiger partial charge in [-0.25, -0.2) is 9.97 Å². The van der Waals surface area contributed by atoms with E-state index in [4.69, 9.17) is 5.73 Å². The van der Waals surface area contributed by atoms with E-state index in [2.05, 4.69) is 9.97 Å². The van der Waals surface area contributed by atoms with Crippen LogP contribution in [0.15, 0.2) is 23.6 Å². The van der Waals surface area contributed by atoms with Crippen LogP contribution in [0.3, 0.4) is 0 Å². The lowest BCUT2D eigenvalue weighted by Gasteiger charge is -2.00. The number of nitrogen functional groups attached to an aromatic ring is 1. The molecule has 0 aliphatic rings. The van der Waals surface area contributed by atoms with Gasteiger partial charge in [0.25, 0.3) is 0 Å². The summed E-state index contributed by atoms with van der Waals surface area (Å²) in [6, 6.07) is 0. The molecule has 0 fully saturated rings. The van der Waals surface area contributed by atoms with Crippen molar-refractivity contribution in [1.82, 2.24) is 14.4 Å². The molecule has 0 aliphatic carbocycles. The molecule has 2 N–H and O–H groups in total. The number of rotatable bonds is 1. The molecular weight excluding hydrogens is 229 g/mol. The predicted octanol–water partition coefficient (Wildman–Crippen LogP) is 1.92. The van der Waals surface area contributed by atoms with Crippen molar-refractivity contribution < 1.29 is 13.2 Å². The van der Waals surface area contributed by atoms with E-state index in [1.807, 2.05) is 0 Å². The highest BCUT2D eigenvalue weighted by Gasteiger charge is 2.30. The second kappa shape index (κ2) is 3.30. The highest BCUT2D eigenvalue weighted by atomic mass is 32.2. The van der Waals surface area contributed by atoms with E-state index in [1.165, 1.54) is 23.0 Å². The minimum atomic E-state index is -4.35. The molecule has 0 spiro atoms. The Morgan fingerprint density at radius 2 is 2.13 bits per heavy atom. The van der Waals surface area contributed by atoms with Crippen LogP contribution in [-0.4, -0.2) is 19.9 Å². The van der Waals surface area contributed by atoms with Crippen LogP contribution in [0.5, 0.6) is 0 Å². The maximum atomic E-state index is 12.0. The molecule has 8 heteroatoms. The molecule has 0 atom stereocenters. The van der Waals surface area contributed by atoms with Gasteiger partial charge in [-0.15, -0.1) is 0 Å². The molecule has 2 rings (SSSR count). The van der Waals surface area contributed by atoms with Gasteiger partial charge in [-0.3, -0.25) is 0 Å². The van der Waals surface area contributed by atoms with E-state index in [9.17, 15) is 13.2 Å². The normalized spacial score (nSPS) is 12.2. The van der Waals surface area contributed by atoms with Crippen LogP contribution in [0, 0.1) is 0 Å². The lowest BCUT2D eigenvalue weighted by molar-refractivity contribution is -0.0329. The van der Waals surface area contributed by atoms with Crippen LogP contribution in [0.25, 0.3) is 5.65 Å². The van der Waals surface area contributed by atoms with Gasteiger partial charge >= 0.3 is 5.51 Å². The maximum absolute atomic E-state index is 12.0. The first kappa shape index (κ1) is 10.1. The average molecular weight is 234 g/mol. The van der Waals surface area contributed by atoms with Gasteiger partial charge < -0.3 is 10.1 Å². The number of alkyl halides is 3. The number of aromatic nitrogens is 3. The van der Waals surface area contributed by atoms with E-state index in [0.717, 1.165) is 0 Å². The quantitative estimate of drug-likeness (QED) is 0.766. The van der Waals surface area contributed by atoms with Gasteiger partial charge in [-0.1, -0.05) is 0 Å². The predicted molar refractivity (Wildman–Crippen MR) is 49.3 cm³/mol. The second-order valence-corrected chi connectivity index (χ2v) is 3.76. The van der Waals surface area contributed by atoms with E-state index < -0.39 is 5.51 Å². The largest absolute Gasteiger partial charge is 0.447 e. The molecule has 0 unspecified atom stereocenters. The van der Waals surface area contributed by atoms with E-state index in [0.29, 0.717) is 0 Å². The zero-order chi connectivity index (χ0) is 11.1. The fourth-order valence-corrected chi connectivity index (χ4v) is 1.62. The SMILES string of the molecule is Nc1nccn2cc(SC(F)(F)F)nc12. The highest BCUT2D eigenvalue weighted by Crippen LogP contribution is 2.36. The molecule has 15 heavy (non-hydrogen) atoms. The zero-order valence-corrected chi connectivity index (χ0v) is 8.01. The summed E-state index contributed by atoms with van der Waals surface area (Å²) in [5, 5.41) is -0.151. The Hall–Kier alpha value is -1.44. The number of fused-ring (bicyclic) bond motifs is 1. The molecule has 0 aliphatic heterocycles. The Morgan fingerprint density at radius 1 is 1.40 bits per heavy atom. The first-order chi connectivity index (χ1) is 6.96. The minimum Gasteiger partial charge on any atom is -0.381 e. The van der Waals surface area contributed by atoms with Crippen molar-refractivity contribution in [2.24, 2.45) is 0 Å². The third-order valence-corrected chi connectivity index (χ3v) is 2.24. The number of anilines is 1. The Bertz CT molecular complexity index is 492. The van der Waals surface area contributed by atoms with Crippen molar-refractivity contribution in [1.29, 1.82) is 0 Å². The number of hydrogen-bond donors (Lipinski definition) is 1. The molecular formula is C7H5F3N4S. The van der Waals surface area contributed by atoms with Gasteiger partial charge in [0.2, 0.25) is 0 Å². The van der Waals surface area contributed by atoms with Crippen LogP contribution in [0.1, 0.15) is 0 Å². The summed E-state index contributed by atoms with van der Waals surface area (Å²) in [6.07, 6.45) is 4.14. The number of thioether (sulfide) groups is 1. The fourth-order valence-electron chi connectivity index (χ4n) is 1.09. The van der Waals surface area contributed by atoms with Crippen LogP contribution in [-0.2, 0) is 0 Å². The zero-order valence-electron chi connectivity index (χ0n) is 7.19. The third kappa shape index (κ3) is 2.14. The Balaban J connectivity index is 2.44. The van der Waals surface area contributed by atoms with E-state index in [1.54, 1.807) is 0 Å². The first-order valence-electron chi connectivity index (χ1n) is 3.80. The maximum Gasteiger partial charge on any atom is 0.447 e. The van der Waals surface area contributed by atoms with Crippen molar-refractivity contribution >= 4 is 23.2 Å². The summed E-state index contributed by atoms with van der Waals surface area (Å²) in [5.41, 5.74) is 1.33. The van der Waals surface area contributed by atoms with Gasteiger partial charge in [0.15, 0.2) is 11.5 Å². The van der Waals surface area contributed by atoms with Gasteiger partial charge in [0.05, 0.1) is 0 Å². The standard InChI is InChI=1S/C7H5F3N4S/c8-7(9,10)15-4-3-14-2-1-12-5(11)6(14)13-4/h1-3H,(H2,11,12). The molecule has 0 aromatic carbocycles. The molecule has 0 bridgehead atoms. The monoisotopic (exact) mass is 234 g/mol. The molecule has 0 radical (unpaired) electrons. The molecule has 2 heterocycles. The molecule has 0 saturated carbocycles. The number of imidazole rings is 1. The molecule has 2 aromatic rings. The third-order valence-electron chi connectivity index (χ3n) is 1.60. The Kier molecular flexibility index (Phi) is 2.22. The van der Waals surface area contributed by atoms with Gasteiger partial charge in [-0.2, -0.15) is 13.2 Å². The summed E-state index contributed by atoms with van der Waals surface area (Å²) >= 11 is -0.280. The van der Waals surface area contributed by atoms with Crippen molar-refractivity contribution in [3.8, 4) is 0 Å². The summed E-state index contributed by atoms with van der Waals surface area (Å²) < 4.78 is 37.5. The number of nitrogens with zero attached hydrogens (tertiary/aromatic N) is 3. The van der Waals surface area contributed by atoms with Crippen molar-refractivity contribution in [2.75, 3.05) is 5.73 Å². The van der Waals surface area contributed by atoms with Crippen LogP contribution >= 0.6 is 11.8 Å². The number of nitrogens with two attached hydrogens (primary N) is 1. The second-order valence-electron chi connectivity index (χ2n) is 2.67. The minimum absolute atomic E-state index is 0.103. The van der Waals surface area contributed by atoms with E-state index >= 15 is 0 Å². The Labute approximate surface area is 86.3 Å². The number of hydrogen-bond acceptors (Lipinski definition) is 4. The molecule has 0 saturated heterocycles. The fraction of sp³-hybridized carbons (Fsp3) is 0.143. The van der Waals surface area contributed by atoms with Crippen LogP contribution < -0.4 is 5.73 Å². The van der Waals surface area contributed by atoms with Gasteiger partial charge in [0.1, 0.15) is 5.03 Å². The van der Waals surface area contributed by atoms with Crippen LogP contribution in [0.4, 0.5) is 19.0 Å². The molecule has 4 nitrogen and oxygen atoms in total. The summed E-state index contributed by atoms with van der Waals surface area (Å²) in [5.74, 6) is 0.103. The lowest BCUT2D eigenvalue weighted by atomic mass is 10.6. The summed E-state index contributed by atoms with van der Waals surface area (Å²) in [6.45, 7) is 0. The number of halogens is 3. The smallest absolute Gasteiger partial charge is 0.381 e. The molecule has 0 amide bonds. The van der Waals surface area contributed by atoms with Crippen molar-refractivity contribution in [2.45, 2.75) is 10.5 Å². The summed E-state index contributed by atoms with van der Waals surface area (Å²) in [4.78, 5) is 7.44. The van der Waals surface area contributed by atoms with Gasteiger partial charge in [0, 0.05) is 30.4 Å². The average Bonchev–Trinajstić information content (AvgIpc) is 2.45. The first-order valence-corrected chi connectivity index (χ1v) is 4.62. The molecule has 80 valence electrons. The lowest BCUT2D eigenvalue weighted by Crippen LogP contribution is -1.98. The topological polar surface area (TPSA) is 56.2 Å². The summed E-state index contributed by atoms with van der Waals surface area (Å²) in [7, 11) is 0.